The number of hydrogen-bond acceptors (Lipinski definition) is 4. The van der Waals surface area contributed by atoms with Crippen LogP contribution in [0.1, 0.15) is 34.8 Å². The third-order valence-electron chi connectivity index (χ3n) is 3.97. The highest BCUT2D eigenvalue weighted by atomic mass is 35.5. The normalized spacial score (nSPS) is 15.8. The van der Waals surface area contributed by atoms with E-state index in [9.17, 15) is 4.79 Å². The molecule has 1 fully saturated rings. The second-order valence-corrected chi connectivity index (χ2v) is 6.21. The van der Waals surface area contributed by atoms with E-state index >= 15 is 0 Å². The minimum atomic E-state index is 0.0936. The van der Waals surface area contributed by atoms with Crippen molar-refractivity contribution in [2.45, 2.75) is 27.2 Å². The first kappa shape index (κ1) is 17.3. The molecule has 4 nitrogen and oxygen atoms in total. The van der Waals surface area contributed by atoms with Crippen molar-refractivity contribution >= 4 is 17.4 Å². The van der Waals surface area contributed by atoms with E-state index in [1.54, 1.807) is 0 Å². The Hall–Kier alpha value is -1.10. The molecule has 2 rings (SSSR count). The number of ether oxygens (including phenoxy) is 1. The Morgan fingerprint density at radius 2 is 2.05 bits per heavy atom. The summed E-state index contributed by atoms with van der Waals surface area (Å²) >= 11 is 6.28. The highest BCUT2D eigenvalue weighted by Crippen LogP contribution is 2.33. The van der Waals surface area contributed by atoms with Crippen LogP contribution in [0.3, 0.4) is 0 Å². The van der Waals surface area contributed by atoms with Crippen LogP contribution in [0.4, 0.5) is 0 Å². The summed E-state index contributed by atoms with van der Waals surface area (Å²) in [6.07, 6.45) is 0.909. The van der Waals surface area contributed by atoms with Crippen LogP contribution in [0.5, 0.6) is 5.75 Å². The predicted molar refractivity (Wildman–Crippen MR) is 90.4 cm³/mol. The van der Waals surface area contributed by atoms with E-state index < -0.39 is 0 Å². The van der Waals surface area contributed by atoms with Gasteiger partial charge in [0.2, 0.25) is 0 Å². The molecule has 1 saturated heterocycles. The van der Waals surface area contributed by atoms with E-state index in [2.05, 4.69) is 17.1 Å². The standard InChI is InChI=1S/C17H25ClN2O2/c1-4-9-22-17-12(2)10-14(18)13(3)16(17)15(21)11-20-7-5-19-6-8-20/h10,19H,4-9,11H2,1-3H3. The summed E-state index contributed by atoms with van der Waals surface area (Å²) in [5, 5.41) is 3.93. The Balaban J connectivity index is 2.27. The van der Waals surface area contributed by atoms with Gasteiger partial charge in [0.05, 0.1) is 18.7 Å². The number of carbonyl (C=O) groups excluding carboxylic acids is 1. The Morgan fingerprint density at radius 3 is 2.68 bits per heavy atom. The fraction of sp³-hybridized carbons (Fsp3) is 0.588. The molecule has 1 aliphatic heterocycles. The van der Waals surface area contributed by atoms with Crippen molar-refractivity contribution < 1.29 is 9.53 Å². The second kappa shape index (κ2) is 7.95. The van der Waals surface area contributed by atoms with Gasteiger partial charge in [-0.3, -0.25) is 9.69 Å². The number of Topliss-reactive ketones (excluding diaryl/α,β-unsaturated/α-hetero) is 1. The van der Waals surface area contributed by atoms with Gasteiger partial charge in [-0.1, -0.05) is 18.5 Å². The molecule has 22 heavy (non-hydrogen) atoms. The third kappa shape index (κ3) is 4.00. The zero-order valence-electron chi connectivity index (χ0n) is 13.7. The summed E-state index contributed by atoms with van der Waals surface area (Å²) in [6, 6.07) is 1.88. The molecule has 0 aliphatic carbocycles. The first-order valence-corrected chi connectivity index (χ1v) is 8.31. The molecule has 0 atom stereocenters. The number of nitrogens with one attached hydrogen (secondary N) is 1. The Bertz CT molecular complexity index is 540. The smallest absolute Gasteiger partial charge is 0.180 e. The lowest BCUT2D eigenvalue weighted by atomic mass is 9.99. The lowest BCUT2D eigenvalue weighted by Gasteiger charge is -2.27. The van der Waals surface area contributed by atoms with Gasteiger partial charge in [-0.2, -0.15) is 0 Å². The van der Waals surface area contributed by atoms with E-state index in [4.69, 9.17) is 16.3 Å². The monoisotopic (exact) mass is 324 g/mol. The topological polar surface area (TPSA) is 41.6 Å². The average molecular weight is 325 g/mol. The van der Waals surface area contributed by atoms with Crippen molar-refractivity contribution in [3.8, 4) is 5.75 Å². The number of aryl methyl sites for hydroxylation is 1. The van der Waals surface area contributed by atoms with Crippen molar-refractivity contribution in [3.05, 3.63) is 27.8 Å². The van der Waals surface area contributed by atoms with Crippen LogP contribution in [-0.2, 0) is 0 Å². The number of rotatable bonds is 6. The highest BCUT2D eigenvalue weighted by molar-refractivity contribution is 6.32. The number of ketones is 1. The number of benzene rings is 1. The van der Waals surface area contributed by atoms with Gasteiger partial charge in [-0.05, 0) is 37.5 Å². The fourth-order valence-electron chi connectivity index (χ4n) is 2.73. The maximum absolute atomic E-state index is 12.8. The molecule has 5 heteroatoms. The zero-order chi connectivity index (χ0) is 16.1. The van der Waals surface area contributed by atoms with E-state index in [1.807, 2.05) is 19.9 Å². The molecule has 0 radical (unpaired) electrons. The van der Waals surface area contributed by atoms with Gasteiger partial charge in [0, 0.05) is 31.2 Å². The first-order valence-electron chi connectivity index (χ1n) is 7.93. The highest BCUT2D eigenvalue weighted by Gasteiger charge is 2.23. The van der Waals surface area contributed by atoms with Crippen LogP contribution in [0.15, 0.2) is 6.07 Å². The van der Waals surface area contributed by atoms with Crippen molar-refractivity contribution in [3.63, 3.8) is 0 Å². The fourth-order valence-corrected chi connectivity index (χ4v) is 2.99. The molecule has 0 unspecified atom stereocenters. The minimum absolute atomic E-state index is 0.0936. The molecule has 1 aliphatic rings. The van der Waals surface area contributed by atoms with E-state index in [0.29, 0.717) is 29.5 Å². The van der Waals surface area contributed by atoms with Crippen LogP contribution in [0, 0.1) is 13.8 Å². The molecule has 0 bridgehead atoms. The minimum Gasteiger partial charge on any atom is -0.493 e. The zero-order valence-corrected chi connectivity index (χ0v) is 14.4. The number of piperazine rings is 1. The first-order chi connectivity index (χ1) is 10.5. The van der Waals surface area contributed by atoms with Crippen molar-refractivity contribution in [2.24, 2.45) is 0 Å². The van der Waals surface area contributed by atoms with Crippen LogP contribution < -0.4 is 10.1 Å². The van der Waals surface area contributed by atoms with Crippen molar-refractivity contribution in [1.82, 2.24) is 10.2 Å². The molecule has 1 heterocycles. The number of carbonyl (C=O) groups is 1. The van der Waals surface area contributed by atoms with E-state index in [-0.39, 0.29) is 5.78 Å². The Labute approximate surface area is 137 Å². The Morgan fingerprint density at radius 1 is 1.36 bits per heavy atom. The molecular formula is C17H25ClN2O2. The summed E-state index contributed by atoms with van der Waals surface area (Å²) < 4.78 is 5.85. The maximum atomic E-state index is 12.8. The van der Waals surface area contributed by atoms with Gasteiger partial charge in [-0.25, -0.2) is 0 Å². The van der Waals surface area contributed by atoms with Crippen LogP contribution >= 0.6 is 11.6 Å². The summed E-state index contributed by atoms with van der Waals surface area (Å²) in [5.74, 6) is 0.792. The maximum Gasteiger partial charge on any atom is 0.180 e. The lowest BCUT2D eigenvalue weighted by Crippen LogP contribution is -2.45. The third-order valence-corrected chi connectivity index (χ3v) is 4.36. The van der Waals surface area contributed by atoms with Gasteiger partial charge in [0.1, 0.15) is 5.75 Å². The van der Waals surface area contributed by atoms with Crippen molar-refractivity contribution in [1.29, 1.82) is 0 Å². The van der Waals surface area contributed by atoms with E-state index in [1.165, 1.54) is 0 Å². The molecular weight excluding hydrogens is 300 g/mol. The summed E-state index contributed by atoms with van der Waals surface area (Å²) in [7, 11) is 0. The molecule has 1 aromatic rings. The van der Waals surface area contributed by atoms with Gasteiger partial charge in [0.25, 0.3) is 0 Å². The Kier molecular flexibility index (Phi) is 6.24. The van der Waals surface area contributed by atoms with Gasteiger partial charge in [-0.15, -0.1) is 0 Å². The quantitative estimate of drug-likeness (QED) is 0.817. The largest absolute Gasteiger partial charge is 0.493 e. The molecule has 0 saturated carbocycles. The van der Waals surface area contributed by atoms with Gasteiger partial charge < -0.3 is 10.1 Å². The molecule has 1 aromatic carbocycles. The summed E-state index contributed by atoms with van der Waals surface area (Å²) in [6.45, 7) is 10.6. The number of nitrogens with zero attached hydrogens (tertiary/aromatic N) is 1. The molecule has 0 spiro atoms. The van der Waals surface area contributed by atoms with Crippen LogP contribution in [-0.4, -0.2) is 50.0 Å². The predicted octanol–water partition coefficient (Wildman–Crippen LogP) is 2.83. The lowest BCUT2D eigenvalue weighted by molar-refractivity contribution is 0.0916. The summed E-state index contributed by atoms with van der Waals surface area (Å²) in [5.41, 5.74) is 2.39. The van der Waals surface area contributed by atoms with Crippen LogP contribution in [0.2, 0.25) is 5.02 Å². The average Bonchev–Trinajstić information content (AvgIpc) is 2.50. The molecule has 1 N–H and O–H groups in total. The second-order valence-electron chi connectivity index (χ2n) is 5.80. The SMILES string of the molecule is CCCOc1c(C)cc(Cl)c(C)c1C(=O)CN1CCNCC1. The van der Waals surface area contributed by atoms with Gasteiger partial charge >= 0.3 is 0 Å². The van der Waals surface area contributed by atoms with Gasteiger partial charge in [0.15, 0.2) is 5.78 Å². The van der Waals surface area contributed by atoms with Crippen LogP contribution in [0.25, 0.3) is 0 Å². The van der Waals surface area contributed by atoms with Crippen molar-refractivity contribution in [2.75, 3.05) is 39.3 Å². The number of halogens is 1. The molecule has 0 amide bonds. The molecule has 122 valence electrons. The molecule has 0 aromatic heterocycles. The van der Waals surface area contributed by atoms with E-state index in [0.717, 1.165) is 43.7 Å². The number of hydrogen-bond donors (Lipinski definition) is 1. The summed E-state index contributed by atoms with van der Waals surface area (Å²) in [4.78, 5) is 15.0.